The number of anilines is 1. The van der Waals surface area contributed by atoms with Crippen LogP contribution in [-0.4, -0.2) is 32.9 Å². The summed E-state index contributed by atoms with van der Waals surface area (Å²) in [6, 6.07) is 9.16. The molecular weight excluding hydrogens is 388 g/mol. The van der Waals surface area contributed by atoms with Crippen LogP contribution >= 0.6 is 11.3 Å². The molecule has 2 aromatic rings. The van der Waals surface area contributed by atoms with Gasteiger partial charge in [0, 0.05) is 5.69 Å². The van der Waals surface area contributed by atoms with Crippen LogP contribution in [0.25, 0.3) is 0 Å². The van der Waals surface area contributed by atoms with Gasteiger partial charge in [-0.25, -0.2) is 8.42 Å². The van der Waals surface area contributed by atoms with Gasteiger partial charge < -0.3 is 10.1 Å². The number of sulfonamides is 1. The molecule has 9 heteroatoms. The maximum absolute atomic E-state index is 12.3. The van der Waals surface area contributed by atoms with Crippen LogP contribution in [0.2, 0.25) is 0 Å². The van der Waals surface area contributed by atoms with E-state index in [1.54, 1.807) is 43.5 Å². The van der Waals surface area contributed by atoms with Crippen LogP contribution in [0.5, 0.6) is 0 Å². The van der Waals surface area contributed by atoms with Crippen molar-refractivity contribution < 1.29 is 22.7 Å². The number of benzene rings is 1. The van der Waals surface area contributed by atoms with Gasteiger partial charge in [0.15, 0.2) is 6.61 Å². The Morgan fingerprint density at radius 1 is 1.19 bits per heavy atom. The summed E-state index contributed by atoms with van der Waals surface area (Å²) in [6.45, 7) is 4.77. The molecule has 0 spiro atoms. The van der Waals surface area contributed by atoms with E-state index in [0.717, 1.165) is 16.9 Å². The summed E-state index contributed by atoms with van der Waals surface area (Å²) in [7, 11) is -3.83. The molecule has 27 heavy (non-hydrogen) atoms. The fraction of sp³-hybridized carbons (Fsp3) is 0.333. The van der Waals surface area contributed by atoms with Crippen LogP contribution in [0.15, 0.2) is 46.0 Å². The predicted octanol–water partition coefficient (Wildman–Crippen LogP) is 2.54. The minimum absolute atomic E-state index is 0.109. The quantitative estimate of drug-likeness (QED) is 0.651. The fourth-order valence-electron chi connectivity index (χ4n) is 2.24. The molecular formula is C18H22N2O5S2. The third-order valence-electron chi connectivity index (χ3n) is 3.61. The van der Waals surface area contributed by atoms with E-state index in [1.165, 1.54) is 6.07 Å². The first-order chi connectivity index (χ1) is 12.7. The third-order valence-corrected chi connectivity index (χ3v) is 6.45. The predicted molar refractivity (Wildman–Crippen MR) is 104 cm³/mol. The number of amides is 1. The Balaban J connectivity index is 1.96. The minimum atomic E-state index is -3.83. The molecule has 0 bridgehead atoms. The van der Waals surface area contributed by atoms with Gasteiger partial charge in [-0.3, -0.25) is 9.59 Å². The highest BCUT2D eigenvalue weighted by atomic mass is 32.2. The molecule has 2 N–H and O–H groups in total. The summed E-state index contributed by atoms with van der Waals surface area (Å²) in [5.41, 5.74) is 1.57. The molecule has 0 aliphatic carbocycles. The van der Waals surface area contributed by atoms with E-state index in [9.17, 15) is 18.0 Å². The lowest BCUT2D eigenvalue weighted by Crippen LogP contribution is -2.45. The third kappa shape index (κ3) is 6.16. The van der Waals surface area contributed by atoms with Crippen LogP contribution in [-0.2, 0) is 24.3 Å². The van der Waals surface area contributed by atoms with Crippen LogP contribution < -0.4 is 10.0 Å². The van der Waals surface area contributed by atoms with Crippen molar-refractivity contribution in [1.29, 1.82) is 0 Å². The number of ether oxygens (including phenoxy) is 1. The van der Waals surface area contributed by atoms with E-state index in [4.69, 9.17) is 4.74 Å². The highest BCUT2D eigenvalue weighted by Gasteiger charge is 2.30. The number of thiophene rings is 1. The van der Waals surface area contributed by atoms with E-state index in [1.807, 2.05) is 13.0 Å². The van der Waals surface area contributed by atoms with Gasteiger partial charge in [0.2, 0.25) is 0 Å². The van der Waals surface area contributed by atoms with Gasteiger partial charge in [0.05, 0.1) is 0 Å². The fourth-order valence-corrected chi connectivity index (χ4v) is 4.59. The van der Waals surface area contributed by atoms with Crippen LogP contribution in [0.4, 0.5) is 5.69 Å². The lowest BCUT2D eigenvalue weighted by molar-refractivity contribution is -0.150. The Labute approximate surface area is 162 Å². The smallest absolute Gasteiger partial charge is 0.324 e. The number of carbonyl (C=O) groups excluding carboxylic acids is 2. The molecule has 146 valence electrons. The SMILES string of the molecule is Cc1cccc(NC(=O)COC(=O)[C@H](NS(=O)(=O)c2cccs2)C(C)C)c1. The highest BCUT2D eigenvalue weighted by molar-refractivity contribution is 7.91. The van der Waals surface area contributed by atoms with Crippen molar-refractivity contribution >= 4 is 38.9 Å². The van der Waals surface area contributed by atoms with Crippen molar-refractivity contribution in [2.24, 2.45) is 5.92 Å². The molecule has 1 atom stereocenters. The lowest BCUT2D eigenvalue weighted by atomic mass is 10.1. The van der Waals surface area contributed by atoms with Gasteiger partial charge >= 0.3 is 5.97 Å². The van der Waals surface area contributed by atoms with Gasteiger partial charge in [-0.1, -0.05) is 32.0 Å². The molecule has 0 saturated heterocycles. The first-order valence-electron chi connectivity index (χ1n) is 8.28. The summed E-state index contributed by atoms with van der Waals surface area (Å²) in [6.07, 6.45) is 0. The second kappa shape index (κ2) is 9.12. The van der Waals surface area contributed by atoms with E-state index in [2.05, 4.69) is 10.0 Å². The molecule has 0 radical (unpaired) electrons. The monoisotopic (exact) mass is 410 g/mol. The van der Waals surface area contributed by atoms with Crippen molar-refractivity contribution in [3.8, 4) is 0 Å². The Morgan fingerprint density at radius 3 is 2.52 bits per heavy atom. The van der Waals surface area contributed by atoms with E-state index >= 15 is 0 Å². The summed E-state index contributed by atoms with van der Waals surface area (Å²) in [4.78, 5) is 24.3. The number of hydrogen-bond donors (Lipinski definition) is 2. The molecule has 0 saturated carbocycles. The molecule has 7 nitrogen and oxygen atoms in total. The molecule has 0 unspecified atom stereocenters. The Morgan fingerprint density at radius 2 is 1.93 bits per heavy atom. The highest BCUT2D eigenvalue weighted by Crippen LogP contribution is 2.17. The van der Waals surface area contributed by atoms with Gasteiger partial charge in [-0.2, -0.15) is 4.72 Å². The molecule has 1 aromatic carbocycles. The molecule has 1 amide bonds. The maximum atomic E-state index is 12.3. The van der Waals surface area contributed by atoms with Crippen molar-refractivity contribution in [2.75, 3.05) is 11.9 Å². The number of hydrogen-bond acceptors (Lipinski definition) is 6. The average Bonchev–Trinajstić information content (AvgIpc) is 3.13. The van der Waals surface area contributed by atoms with Crippen LogP contribution in [0, 0.1) is 12.8 Å². The van der Waals surface area contributed by atoms with Crippen molar-refractivity contribution in [3.05, 3.63) is 47.3 Å². The summed E-state index contributed by atoms with van der Waals surface area (Å²) >= 11 is 1.05. The van der Waals surface area contributed by atoms with Crippen LogP contribution in [0.3, 0.4) is 0 Å². The molecule has 1 aromatic heterocycles. The number of rotatable bonds is 8. The number of carbonyl (C=O) groups is 2. The molecule has 0 aliphatic heterocycles. The second-order valence-corrected chi connectivity index (χ2v) is 9.19. The first-order valence-corrected chi connectivity index (χ1v) is 10.6. The Bertz CT molecular complexity index is 892. The maximum Gasteiger partial charge on any atom is 0.324 e. The van der Waals surface area contributed by atoms with E-state index < -0.39 is 34.5 Å². The zero-order valence-electron chi connectivity index (χ0n) is 15.3. The largest absolute Gasteiger partial charge is 0.454 e. The topological polar surface area (TPSA) is 102 Å². The summed E-state index contributed by atoms with van der Waals surface area (Å²) in [5, 5.41) is 4.26. The summed E-state index contributed by atoms with van der Waals surface area (Å²) < 4.78 is 32.2. The standard InChI is InChI=1S/C18H22N2O5S2/c1-12(2)17(20-27(23,24)16-8-5-9-26-16)18(22)25-11-15(21)19-14-7-4-6-13(3)10-14/h4-10,12,17,20H,11H2,1-3H3,(H,19,21)/t17-/m1/s1. The van der Waals surface area contributed by atoms with Crippen molar-refractivity contribution in [2.45, 2.75) is 31.0 Å². The van der Waals surface area contributed by atoms with E-state index in [0.29, 0.717) is 5.69 Å². The van der Waals surface area contributed by atoms with Gasteiger partial charge in [0.25, 0.3) is 15.9 Å². The Kier molecular flexibility index (Phi) is 7.11. The number of esters is 1. The molecule has 0 fully saturated rings. The van der Waals surface area contributed by atoms with Crippen molar-refractivity contribution in [1.82, 2.24) is 4.72 Å². The zero-order valence-corrected chi connectivity index (χ0v) is 16.9. The molecule has 0 aliphatic rings. The number of aryl methyl sites for hydroxylation is 1. The molecule has 1 heterocycles. The summed E-state index contributed by atoms with van der Waals surface area (Å²) in [5.74, 6) is -1.66. The van der Waals surface area contributed by atoms with Crippen LogP contribution in [0.1, 0.15) is 19.4 Å². The van der Waals surface area contributed by atoms with Gasteiger partial charge in [-0.15, -0.1) is 11.3 Å². The van der Waals surface area contributed by atoms with E-state index in [-0.39, 0.29) is 10.1 Å². The zero-order chi connectivity index (χ0) is 20.0. The minimum Gasteiger partial charge on any atom is -0.454 e. The molecule has 2 rings (SSSR count). The number of nitrogens with one attached hydrogen (secondary N) is 2. The van der Waals surface area contributed by atoms with Gasteiger partial charge in [0.1, 0.15) is 10.3 Å². The lowest BCUT2D eigenvalue weighted by Gasteiger charge is -2.20. The normalized spacial score (nSPS) is 12.6. The Hall–Kier alpha value is -2.23. The van der Waals surface area contributed by atoms with Crippen molar-refractivity contribution in [3.63, 3.8) is 0 Å². The average molecular weight is 411 g/mol. The van der Waals surface area contributed by atoms with Gasteiger partial charge in [-0.05, 0) is 42.0 Å². The first kappa shape index (κ1) is 21.1. The second-order valence-electron chi connectivity index (χ2n) is 6.30.